The van der Waals surface area contributed by atoms with Crippen molar-refractivity contribution in [1.82, 2.24) is 10.6 Å². The number of carbonyl (C=O) groups excluding carboxylic acids is 1. The molecule has 1 saturated carbocycles. The summed E-state index contributed by atoms with van der Waals surface area (Å²) >= 11 is 0. The molecule has 1 aromatic rings. The second kappa shape index (κ2) is 4.73. The smallest absolute Gasteiger partial charge is 0.348 e. The number of hydrogen-bond donors (Lipinski definition) is 2. The van der Waals surface area contributed by atoms with Gasteiger partial charge in [-0.25, -0.2) is 0 Å². The summed E-state index contributed by atoms with van der Waals surface area (Å²) in [6, 6.07) is 2.73. The van der Waals surface area contributed by atoms with Crippen LogP contribution in [0.2, 0.25) is 0 Å². The third-order valence-corrected chi connectivity index (χ3v) is 4.46. The second-order valence-electron chi connectivity index (χ2n) is 6.12. The molecule has 0 unspecified atom stereocenters. The average Bonchev–Trinajstić information content (AvgIpc) is 2.74. The lowest BCUT2D eigenvalue weighted by Gasteiger charge is -2.39. The normalized spacial score (nSPS) is 19.9. The number of nitrogens with one attached hydrogen (secondary N) is 2. The number of benzene rings is 1. The van der Waals surface area contributed by atoms with Gasteiger partial charge in [-0.15, -0.1) is 0 Å². The summed E-state index contributed by atoms with van der Waals surface area (Å²) in [5.74, 6) is -0.424. The van der Waals surface area contributed by atoms with Crippen molar-refractivity contribution in [3.05, 3.63) is 34.4 Å². The van der Waals surface area contributed by atoms with E-state index in [-0.39, 0.29) is 23.2 Å². The summed E-state index contributed by atoms with van der Waals surface area (Å²) < 4.78 is 39.4. The SMILES string of the molecule is CC1(NCc2cc3c(c(C(F)(F)F)c2)CNC3=O)CCC1. The van der Waals surface area contributed by atoms with E-state index in [2.05, 4.69) is 17.6 Å². The number of carbonyl (C=O) groups is 1. The fraction of sp³-hybridized carbons (Fsp3) is 0.533. The first-order valence-electron chi connectivity index (χ1n) is 7.05. The highest BCUT2D eigenvalue weighted by molar-refractivity contribution is 5.99. The molecule has 1 heterocycles. The highest BCUT2D eigenvalue weighted by Gasteiger charge is 2.38. The number of rotatable bonds is 3. The predicted octanol–water partition coefficient (Wildman–Crippen LogP) is 2.98. The van der Waals surface area contributed by atoms with E-state index in [0.29, 0.717) is 12.1 Å². The van der Waals surface area contributed by atoms with Gasteiger partial charge in [0.05, 0.1) is 5.56 Å². The Morgan fingerprint density at radius 3 is 2.62 bits per heavy atom. The Bertz CT molecular complexity index is 591. The van der Waals surface area contributed by atoms with Gasteiger partial charge in [0, 0.05) is 24.2 Å². The molecule has 0 spiro atoms. The number of fused-ring (bicyclic) bond motifs is 1. The topological polar surface area (TPSA) is 41.1 Å². The first kappa shape index (κ1) is 14.4. The number of alkyl halides is 3. The van der Waals surface area contributed by atoms with E-state index in [1.165, 1.54) is 0 Å². The first-order valence-corrected chi connectivity index (χ1v) is 7.05. The van der Waals surface area contributed by atoms with Gasteiger partial charge in [-0.3, -0.25) is 4.79 Å². The highest BCUT2D eigenvalue weighted by Crippen LogP contribution is 2.36. The van der Waals surface area contributed by atoms with E-state index >= 15 is 0 Å². The maximum Gasteiger partial charge on any atom is 0.416 e. The Labute approximate surface area is 120 Å². The van der Waals surface area contributed by atoms with Crippen LogP contribution < -0.4 is 10.6 Å². The lowest BCUT2D eigenvalue weighted by molar-refractivity contribution is -0.138. The zero-order valence-electron chi connectivity index (χ0n) is 11.7. The van der Waals surface area contributed by atoms with Gasteiger partial charge in [-0.1, -0.05) is 0 Å². The van der Waals surface area contributed by atoms with Crippen LogP contribution in [0.3, 0.4) is 0 Å². The Kier molecular flexibility index (Phi) is 3.24. The molecule has 1 aliphatic heterocycles. The van der Waals surface area contributed by atoms with Gasteiger partial charge >= 0.3 is 6.18 Å². The van der Waals surface area contributed by atoms with Crippen LogP contribution in [-0.4, -0.2) is 11.4 Å². The van der Waals surface area contributed by atoms with Gasteiger partial charge in [-0.2, -0.15) is 13.2 Å². The lowest BCUT2D eigenvalue weighted by atomic mass is 9.78. The molecule has 0 radical (unpaired) electrons. The number of amides is 1. The zero-order valence-corrected chi connectivity index (χ0v) is 11.7. The second-order valence-corrected chi connectivity index (χ2v) is 6.12. The Morgan fingerprint density at radius 1 is 1.33 bits per heavy atom. The molecular weight excluding hydrogens is 281 g/mol. The third-order valence-electron chi connectivity index (χ3n) is 4.46. The van der Waals surface area contributed by atoms with Gasteiger partial charge in [0.25, 0.3) is 5.91 Å². The minimum atomic E-state index is -4.44. The standard InChI is InChI=1S/C15H17F3N2O/c1-14(3-2-4-14)20-7-9-5-10-11(8-19-13(10)21)12(6-9)15(16,17)18/h5-6,20H,2-4,7-8H2,1H3,(H,19,21). The van der Waals surface area contributed by atoms with Crippen LogP contribution in [0.5, 0.6) is 0 Å². The minimum absolute atomic E-state index is 0.0136. The average molecular weight is 298 g/mol. The van der Waals surface area contributed by atoms with E-state index in [4.69, 9.17) is 0 Å². The van der Waals surface area contributed by atoms with Gasteiger partial charge in [0.15, 0.2) is 0 Å². The third kappa shape index (κ3) is 2.64. The molecule has 1 aliphatic carbocycles. The van der Waals surface area contributed by atoms with Crippen molar-refractivity contribution in [2.75, 3.05) is 0 Å². The van der Waals surface area contributed by atoms with Crippen LogP contribution in [0.1, 0.15) is 53.2 Å². The molecule has 0 bridgehead atoms. The van der Waals surface area contributed by atoms with Crippen molar-refractivity contribution in [2.24, 2.45) is 0 Å². The predicted molar refractivity (Wildman–Crippen MR) is 71.7 cm³/mol. The molecule has 0 aromatic heterocycles. The summed E-state index contributed by atoms with van der Waals surface area (Å²) in [5.41, 5.74) is 0.0336. The van der Waals surface area contributed by atoms with Crippen molar-refractivity contribution in [3.8, 4) is 0 Å². The largest absolute Gasteiger partial charge is 0.416 e. The lowest BCUT2D eigenvalue weighted by Crippen LogP contribution is -2.47. The van der Waals surface area contributed by atoms with Crippen molar-refractivity contribution in [1.29, 1.82) is 0 Å². The molecule has 1 aromatic carbocycles. The maximum atomic E-state index is 13.1. The Hall–Kier alpha value is -1.56. The van der Waals surface area contributed by atoms with Gasteiger partial charge in [-0.05, 0) is 49.4 Å². The molecule has 1 fully saturated rings. The summed E-state index contributed by atoms with van der Waals surface area (Å²) in [5, 5.41) is 5.76. The summed E-state index contributed by atoms with van der Waals surface area (Å²) in [4.78, 5) is 11.7. The number of halogens is 3. The molecule has 2 aliphatic rings. The molecule has 114 valence electrons. The maximum absolute atomic E-state index is 13.1. The van der Waals surface area contributed by atoms with Gasteiger partial charge in [0.2, 0.25) is 0 Å². The fourth-order valence-electron chi connectivity index (χ4n) is 2.94. The van der Waals surface area contributed by atoms with Crippen molar-refractivity contribution in [2.45, 2.75) is 51.0 Å². The van der Waals surface area contributed by atoms with E-state index < -0.39 is 17.6 Å². The molecule has 0 atom stereocenters. The van der Waals surface area contributed by atoms with Crippen molar-refractivity contribution in [3.63, 3.8) is 0 Å². The van der Waals surface area contributed by atoms with Crippen LogP contribution in [0.25, 0.3) is 0 Å². The van der Waals surface area contributed by atoms with Crippen molar-refractivity contribution >= 4 is 5.91 Å². The Balaban J connectivity index is 1.91. The van der Waals surface area contributed by atoms with Crippen LogP contribution in [0.4, 0.5) is 13.2 Å². The van der Waals surface area contributed by atoms with Crippen LogP contribution in [0.15, 0.2) is 12.1 Å². The van der Waals surface area contributed by atoms with E-state index in [1.54, 1.807) is 6.07 Å². The zero-order chi connectivity index (χ0) is 15.3. The minimum Gasteiger partial charge on any atom is -0.348 e. The molecule has 3 rings (SSSR count). The Morgan fingerprint density at radius 2 is 2.05 bits per heavy atom. The molecule has 0 saturated heterocycles. The quantitative estimate of drug-likeness (QED) is 0.900. The molecule has 21 heavy (non-hydrogen) atoms. The highest BCUT2D eigenvalue weighted by atomic mass is 19.4. The van der Waals surface area contributed by atoms with E-state index in [0.717, 1.165) is 25.3 Å². The molecule has 2 N–H and O–H groups in total. The van der Waals surface area contributed by atoms with Gasteiger partial charge < -0.3 is 10.6 Å². The van der Waals surface area contributed by atoms with Crippen LogP contribution in [0, 0.1) is 0 Å². The van der Waals surface area contributed by atoms with Crippen LogP contribution in [-0.2, 0) is 19.3 Å². The summed E-state index contributed by atoms with van der Waals surface area (Å²) in [7, 11) is 0. The monoisotopic (exact) mass is 298 g/mol. The van der Waals surface area contributed by atoms with E-state index in [1.807, 2.05) is 0 Å². The fourth-order valence-corrected chi connectivity index (χ4v) is 2.94. The summed E-state index contributed by atoms with van der Waals surface area (Å²) in [6.45, 7) is 2.37. The summed E-state index contributed by atoms with van der Waals surface area (Å²) in [6.07, 6.45) is -1.23. The molecule has 6 heteroatoms. The van der Waals surface area contributed by atoms with Crippen molar-refractivity contribution < 1.29 is 18.0 Å². The van der Waals surface area contributed by atoms with Crippen LogP contribution >= 0.6 is 0 Å². The molecular formula is C15H17F3N2O. The molecule has 3 nitrogen and oxygen atoms in total. The first-order chi connectivity index (χ1) is 9.78. The van der Waals surface area contributed by atoms with E-state index in [9.17, 15) is 18.0 Å². The molecule has 1 amide bonds. The van der Waals surface area contributed by atoms with Gasteiger partial charge in [0.1, 0.15) is 0 Å². The number of hydrogen-bond acceptors (Lipinski definition) is 2.